The minimum atomic E-state index is -0.994. The molecular weight excluding hydrogens is 258 g/mol. The first-order chi connectivity index (χ1) is 8.56. The standard InChI is InChI=1S/C13H10F2O2S/c1-8-2-5-13(18-8)12(16)7-17-9-3-4-10(14)11(15)6-9/h2-6H,7H2,1H3. The molecule has 0 N–H and O–H groups in total. The number of benzene rings is 1. The molecule has 0 aliphatic rings. The van der Waals surface area contributed by atoms with Crippen LogP contribution in [0.4, 0.5) is 8.78 Å². The number of halogens is 2. The number of ketones is 1. The molecule has 2 rings (SSSR count). The summed E-state index contributed by atoms with van der Waals surface area (Å²) in [4.78, 5) is 13.3. The van der Waals surface area contributed by atoms with Gasteiger partial charge in [-0.1, -0.05) is 0 Å². The number of Topliss-reactive ketones (excluding diaryl/α,β-unsaturated/α-hetero) is 1. The van der Waals surface area contributed by atoms with Crippen LogP contribution in [-0.2, 0) is 0 Å². The molecule has 0 bridgehead atoms. The van der Waals surface area contributed by atoms with E-state index < -0.39 is 11.6 Å². The van der Waals surface area contributed by atoms with E-state index in [1.54, 1.807) is 6.07 Å². The summed E-state index contributed by atoms with van der Waals surface area (Å²) in [7, 11) is 0. The summed E-state index contributed by atoms with van der Waals surface area (Å²) in [6, 6.07) is 6.73. The molecule has 0 aliphatic heterocycles. The Morgan fingerprint density at radius 3 is 2.61 bits per heavy atom. The minimum Gasteiger partial charge on any atom is -0.485 e. The van der Waals surface area contributed by atoms with E-state index in [1.165, 1.54) is 17.4 Å². The van der Waals surface area contributed by atoms with Crippen LogP contribution in [0.2, 0.25) is 0 Å². The van der Waals surface area contributed by atoms with Gasteiger partial charge in [-0.25, -0.2) is 8.78 Å². The molecule has 2 aromatic rings. The topological polar surface area (TPSA) is 26.3 Å². The van der Waals surface area contributed by atoms with Crippen molar-refractivity contribution in [2.45, 2.75) is 6.92 Å². The average Bonchev–Trinajstić information content (AvgIpc) is 2.77. The lowest BCUT2D eigenvalue weighted by Gasteiger charge is -2.04. The lowest BCUT2D eigenvalue weighted by Crippen LogP contribution is -2.10. The number of hydrogen-bond acceptors (Lipinski definition) is 3. The molecule has 0 fully saturated rings. The summed E-state index contributed by atoms with van der Waals surface area (Å²) in [6.07, 6.45) is 0. The highest BCUT2D eigenvalue weighted by Crippen LogP contribution is 2.18. The Morgan fingerprint density at radius 2 is 2.00 bits per heavy atom. The van der Waals surface area contributed by atoms with Crippen molar-refractivity contribution >= 4 is 17.1 Å². The molecule has 2 nitrogen and oxygen atoms in total. The van der Waals surface area contributed by atoms with Gasteiger partial charge < -0.3 is 4.74 Å². The molecule has 18 heavy (non-hydrogen) atoms. The maximum atomic E-state index is 12.9. The molecule has 0 radical (unpaired) electrons. The van der Waals surface area contributed by atoms with E-state index in [4.69, 9.17) is 4.74 Å². The van der Waals surface area contributed by atoms with Crippen LogP contribution < -0.4 is 4.74 Å². The number of thiophene rings is 1. The molecule has 1 aromatic carbocycles. The number of carbonyl (C=O) groups excluding carboxylic acids is 1. The third-order valence-corrected chi connectivity index (χ3v) is 3.32. The Hall–Kier alpha value is -1.75. The van der Waals surface area contributed by atoms with Gasteiger partial charge in [-0.05, 0) is 31.2 Å². The minimum absolute atomic E-state index is 0.135. The van der Waals surface area contributed by atoms with Crippen molar-refractivity contribution < 1.29 is 18.3 Å². The van der Waals surface area contributed by atoms with Crippen molar-refractivity contribution in [3.63, 3.8) is 0 Å². The summed E-state index contributed by atoms with van der Waals surface area (Å²) in [6.45, 7) is 1.71. The Bertz CT molecular complexity index is 578. The monoisotopic (exact) mass is 268 g/mol. The van der Waals surface area contributed by atoms with Crippen LogP contribution in [0.1, 0.15) is 14.5 Å². The Labute approximate surface area is 107 Å². The second-order valence-electron chi connectivity index (χ2n) is 3.70. The van der Waals surface area contributed by atoms with E-state index in [2.05, 4.69) is 0 Å². The molecule has 0 unspecified atom stereocenters. The average molecular weight is 268 g/mol. The molecule has 94 valence electrons. The molecule has 1 heterocycles. The Kier molecular flexibility index (Phi) is 3.72. The zero-order valence-corrected chi connectivity index (χ0v) is 10.4. The summed E-state index contributed by atoms with van der Waals surface area (Å²) in [5, 5.41) is 0. The highest BCUT2D eigenvalue weighted by Gasteiger charge is 2.10. The Balaban J connectivity index is 1.99. The fraction of sp³-hybridized carbons (Fsp3) is 0.154. The van der Waals surface area contributed by atoms with Crippen LogP contribution in [0.3, 0.4) is 0 Å². The SMILES string of the molecule is Cc1ccc(C(=O)COc2ccc(F)c(F)c2)s1. The molecule has 5 heteroatoms. The molecule has 0 spiro atoms. The quantitative estimate of drug-likeness (QED) is 0.792. The second kappa shape index (κ2) is 5.27. The van der Waals surface area contributed by atoms with Crippen LogP contribution in [0.15, 0.2) is 30.3 Å². The summed E-state index contributed by atoms with van der Waals surface area (Å²) >= 11 is 1.37. The first-order valence-electron chi connectivity index (χ1n) is 5.24. The molecule has 0 saturated heterocycles. The number of rotatable bonds is 4. The van der Waals surface area contributed by atoms with Crippen molar-refractivity contribution in [2.75, 3.05) is 6.61 Å². The summed E-state index contributed by atoms with van der Waals surface area (Å²) in [5.74, 6) is -1.98. The van der Waals surface area contributed by atoms with Crippen molar-refractivity contribution in [3.05, 3.63) is 51.7 Å². The van der Waals surface area contributed by atoms with Gasteiger partial charge >= 0.3 is 0 Å². The fourth-order valence-electron chi connectivity index (χ4n) is 1.37. The van der Waals surface area contributed by atoms with E-state index in [1.807, 2.05) is 13.0 Å². The van der Waals surface area contributed by atoms with Gasteiger partial charge in [0.05, 0.1) is 4.88 Å². The molecule has 0 aliphatic carbocycles. The van der Waals surface area contributed by atoms with Gasteiger partial charge in [0, 0.05) is 10.9 Å². The number of carbonyl (C=O) groups is 1. The molecule has 1 aromatic heterocycles. The molecular formula is C13H10F2O2S. The largest absolute Gasteiger partial charge is 0.485 e. The van der Waals surface area contributed by atoms with E-state index in [0.29, 0.717) is 4.88 Å². The number of aryl methyl sites for hydroxylation is 1. The van der Waals surface area contributed by atoms with E-state index >= 15 is 0 Å². The van der Waals surface area contributed by atoms with Crippen LogP contribution in [0.25, 0.3) is 0 Å². The summed E-state index contributed by atoms with van der Waals surface area (Å²) in [5.41, 5.74) is 0. The fourth-order valence-corrected chi connectivity index (χ4v) is 2.16. The van der Waals surface area contributed by atoms with Gasteiger partial charge in [-0.2, -0.15) is 0 Å². The second-order valence-corrected chi connectivity index (χ2v) is 4.99. The predicted molar refractivity (Wildman–Crippen MR) is 65.2 cm³/mol. The lowest BCUT2D eigenvalue weighted by molar-refractivity contribution is 0.0925. The molecule has 0 amide bonds. The molecule has 0 atom stereocenters. The highest BCUT2D eigenvalue weighted by atomic mass is 32.1. The molecule has 0 saturated carbocycles. The van der Waals surface area contributed by atoms with Crippen molar-refractivity contribution in [1.82, 2.24) is 0 Å². The number of hydrogen-bond donors (Lipinski definition) is 0. The zero-order valence-electron chi connectivity index (χ0n) is 9.57. The van der Waals surface area contributed by atoms with Crippen LogP contribution in [0, 0.1) is 18.6 Å². The zero-order chi connectivity index (χ0) is 13.1. The maximum absolute atomic E-state index is 12.9. The van der Waals surface area contributed by atoms with E-state index in [9.17, 15) is 13.6 Å². The highest BCUT2D eigenvalue weighted by molar-refractivity contribution is 7.14. The van der Waals surface area contributed by atoms with E-state index in [0.717, 1.165) is 17.0 Å². The van der Waals surface area contributed by atoms with Crippen LogP contribution >= 0.6 is 11.3 Å². The predicted octanol–water partition coefficient (Wildman–Crippen LogP) is 3.60. The van der Waals surface area contributed by atoms with Crippen molar-refractivity contribution in [3.8, 4) is 5.75 Å². The first kappa shape index (κ1) is 12.7. The van der Waals surface area contributed by atoms with Crippen LogP contribution in [-0.4, -0.2) is 12.4 Å². The van der Waals surface area contributed by atoms with Gasteiger partial charge in [0.1, 0.15) is 5.75 Å². The normalized spacial score (nSPS) is 10.4. The van der Waals surface area contributed by atoms with Crippen molar-refractivity contribution in [2.24, 2.45) is 0 Å². The maximum Gasteiger partial charge on any atom is 0.210 e. The lowest BCUT2D eigenvalue weighted by atomic mass is 10.3. The van der Waals surface area contributed by atoms with Gasteiger partial charge in [-0.15, -0.1) is 11.3 Å². The van der Waals surface area contributed by atoms with Gasteiger partial charge in [0.2, 0.25) is 5.78 Å². The third kappa shape index (κ3) is 2.92. The van der Waals surface area contributed by atoms with Gasteiger partial charge in [-0.3, -0.25) is 4.79 Å². The van der Waals surface area contributed by atoms with E-state index in [-0.39, 0.29) is 18.1 Å². The summed E-state index contributed by atoms with van der Waals surface area (Å²) < 4.78 is 30.7. The van der Waals surface area contributed by atoms with Crippen LogP contribution in [0.5, 0.6) is 5.75 Å². The smallest absolute Gasteiger partial charge is 0.210 e. The van der Waals surface area contributed by atoms with Gasteiger partial charge in [0.25, 0.3) is 0 Å². The van der Waals surface area contributed by atoms with Crippen molar-refractivity contribution in [1.29, 1.82) is 0 Å². The Morgan fingerprint density at radius 1 is 1.22 bits per heavy atom. The first-order valence-corrected chi connectivity index (χ1v) is 6.05. The number of ether oxygens (including phenoxy) is 1. The van der Waals surface area contributed by atoms with Gasteiger partial charge in [0.15, 0.2) is 18.2 Å². The third-order valence-electron chi connectivity index (χ3n) is 2.28.